The smallest absolute Gasteiger partial charge is 0.271 e. The summed E-state index contributed by atoms with van der Waals surface area (Å²) in [4.78, 5) is 12.4. The second-order valence-corrected chi connectivity index (χ2v) is 9.20. The molecule has 0 unspecified atom stereocenters. The summed E-state index contributed by atoms with van der Waals surface area (Å²) in [6.07, 6.45) is 1.49. The Bertz CT molecular complexity index is 1210. The number of benzene rings is 3. The zero-order valence-corrected chi connectivity index (χ0v) is 19.3. The maximum absolute atomic E-state index is 12.4. The van der Waals surface area contributed by atoms with Gasteiger partial charge in [0.15, 0.2) is 0 Å². The number of hydrazone groups is 1. The fourth-order valence-electron chi connectivity index (χ4n) is 2.49. The number of carbonyl (C=O) groups is 1. The van der Waals surface area contributed by atoms with Crippen molar-refractivity contribution in [1.29, 1.82) is 0 Å². The predicted molar refractivity (Wildman–Crippen MR) is 124 cm³/mol. The van der Waals surface area contributed by atoms with Crippen LogP contribution in [0.15, 0.2) is 81.2 Å². The lowest BCUT2D eigenvalue weighted by Crippen LogP contribution is -2.18. The molecular formula is C21H17BrClN3O4S. The van der Waals surface area contributed by atoms with Crippen LogP contribution in [0.3, 0.4) is 0 Å². The minimum atomic E-state index is -3.77. The van der Waals surface area contributed by atoms with Gasteiger partial charge in [-0.05, 0) is 66.7 Å². The molecule has 0 saturated heterocycles. The highest BCUT2D eigenvalue weighted by atomic mass is 79.9. The number of hydrogen-bond donors (Lipinski definition) is 2. The van der Waals surface area contributed by atoms with Crippen LogP contribution in [0.4, 0.5) is 5.69 Å². The lowest BCUT2D eigenvalue weighted by atomic mass is 10.2. The highest BCUT2D eigenvalue weighted by molar-refractivity contribution is 9.10. The van der Waals surface area contributed by atoms with Crippen molar-refractivity contribution in [3.8, 4) is 5.75 Å². The lowest BCUT2D eigenvalue weighted by molar-refractivity contribution is 0.0955. The number of methoxy groups -OCH3 is 1. The Kier molecular flexibility index (Phi) is 7.32. The number of halogens is 2. The molecule has 3 aromatic carbocycles. The Hall–Kier alpha value is -2.88. The summed E-state index contributed by atoms with van der Waals surface area (Å²) in [7, 11) is -2.20. The highest BCUT2D eigenvalue weighted by Gasteiger charge is 2.14. The summed E-state index contributed by atoms with van der Waals surface area (Å²) in [5.74, 6) is 0.218. The number of rotatable bonds is 7. The van der Waals surface area contributed by atoms with Crippen molar-refractivity contribution >= 4 is 55.4 Å². The van der Waals surface area contributed by atoms with E-state index in [1.165, 1.54) is 54.7 Å². The summed E-state index contributed by atoms with van der Waals surface area (Å²) in [6.45, 7) is 0. The van der Waals surface area contributed by atoms with Crippen LogP contribution in [-0.2, 0) is 10.0 Å². The van der Waals surface area contributed by atoms with Crippen molar-refractivity contribution in [3.05, 3.63) is 87.4 Å². The van der Waals surface area contributed by atoms with Crippen molar-refractivity contribution in [2.24, 2.45) is 5.10 Å². The normalized spacial score (nSPS) is 11.3. The van der Waals surface area contributed by atoms with E-state index in [4.69, 9.17) is 16.3 Å². The molecule has 1 amide bonds. The molecule has 10 heteroatoms. The minimum Gasteiger partial charge on any atom is -0.497 e. The van der Waals surface area contributed by atoms with Crippen LogP contribution in [-0.4, -0.2) is 27.6 Å². The van der Waals surface area contributed by atoms with Gasteiger partial charge in [0.05, 0.1) is 18.2 Å². The second-order valence-electron chi connectivity index (χ2n) is 6.22. The zero-order valence-electron chi connectivity index (χ0n) is 16.2. The van der Waals surface area contributed by atoms with Crippen LogP contribution in [0.5, 0.6) is 5.75 Å². The molecule has 0 heterocycles. The lowest BCUT2D eigenvalue weighted by Gasteiger charge is -2.09. The Morgan fingerprint density at radius 1 is 1.06 bits per heavy atom. The molecule has 0 spiro atoms. The van der Waals surface area contributed by atoms with Crippen LogP contribution in [0, 0.1) is 0 Å². The van der Waals surface area contributed by atoms with Gasteiger partial charge in [0.25, 0.3) is 15.9 Å². The largest absolute Gasteiger partial charge is 0.497 e. The summed E-state index contributed by atoms with van der Waals surface area (Å²) in [6, 6.07) is 17.1. The van der Waals surface area contributed by atoms with Gasteiger partial charge in [-0.25, -0.2) is 13.8 Å². The van der Waals surface area contributed by atoms with Gasteiger partial charge >= 0.3 is 0 Å². The van der Waals surface area contributed by atoms with Crippen molar-refractivity contribution in [1.82, 2.24) is 5.43 Å². The summed E-state index contributed by atoms with van der Waals surface area (Å²) < 4.78 is 33.2. The molecule has 3 rings (SSSR count). The Morgan fingerprint density at radius 2 is 1.74 bits per heavy atom. The molecule has 31 heavy (non-hydrogen) atoms. The number of anilines is 1. The fraction of sp³-hybridized carbons (Fsp3) is 0.0476. The first-order chi connectivity index (χ1) is 14.8. The molecule has 0 aliphatic rings. The third kappa shape index (κ3) is 6.06. The molecule has 0 aromatic heterocycles. The number of sulfonamides is 1. The standard InChI is InChI=1S/C21H17BrClN3O4S/c1-30-18-8-11-20(22)15(12-18)13-24-25-21(27)14-2-6-17(7-3-14)26-31(28,29)19-9-4-16(23)5-10-19/h2-13,26H,1H3,(H,25,27)/b24-13+. The average molecular weight is 523 g/mol. The first-order valence-electron chi connectivity index (χ1n) is 8.84. The molecular weight excluding hydrogens is 506 g/mol. The summed E-state index contributed by atoms with van der Waals surface area (Å²) >= 11 is 9.19. The van der Waals surface area contributed by atoms with E-state index in [1.807, 2.05) is 6.07 Å². The van der Waals surface area contributed by atoms with E-state index in [9.17, 15) is 13.2 Å². The second kappa shape index (κ2) is 9.95. The number of carbonyl (C=O) groups excluding carboxylic acids is 1. The van der Waals surface area contributed by atoms with Crippen LogP contribution >= 0.6 is 27.5 Å². The van der Waals surface area contributed by atoms with Crippen molar-refractivity contribution in [3.63, 3.8) is 0 Å². The number of ether oxygens (including phenoxy) is 1. The van der Waals surface area contributed by atoms with Gasteiger partial charge in [0.2, 0.25) is 0 Å². The van der Waals surface area contributed by atoms with Crippen LogP contribution in [0.1, 0.15) is 15.9 Å². The van der Waals surface area contributed by atoms with E-state index < -0.39 is 15.9 Å². The summed E-state index contributed by atoms with van der Waals surface area (Å²) in [5, 5.41) is 4.39. The monoisotopic (exact) mass is 521 g/mol. The number of hydrogen-bond acceptors (Lipinski definition) is 5. The third-order valence-electron chi connectivity index (χ3n) is 4.10. The van der Waals surface area contributed by atoms with Gasteiger partial charge < -0.3 is 4.74 Å². The van der Waals surface area contributed by atoms with E-state index in [0.29, 0.717) is 22.0 Å². The van der Waals surface area contributed by atoms with Gasteiger partial charge in [-0.2, -0.15) is 5.10 Å². The number of nitrogens with one attached hydrogen (secondary N) is 2. The molecule has 0 aliphatic heterocycles. The molecule has 7 nitrogen and oxygen atoms in total. The third-order valence-corrected chi connectivity index (χ3v) is 6.47. The van der Waals surface area contributed by atoms with E-state index in [0.717, 1.165) is 10.0 Å². The van der Waals surface area contributed by atoms with Crippen LogP contribution < -0.4 is 14.9 Å². The molecule has 0 bridgehead atoms. The zero-order chi connectivity index (χ0) is 22.4. The predicted octanol–water partition coefficient (Wildman–Crippen LogP) is 4.68. The number of nitrogens with zero attached hydrogens (tertiary/aromatic N) is 1. The van der Waals surface area contributed by atoms with Gasteiger partial charge in [-0.3, -0.25) is 9.52 Å². The van der Waals surface area contributed by atoms with E-state index in [-0.39, 0.29) is 4.90 Å². The molecule has 0 saturated carbocycles. The average Bonchev–Trinajstić information content (AvgIpc) is 2.75. The fourth-order valence-corrected chi connectivity index (χ4v) is 4.02. The van der Waals surface area contributed by atoms with E-state index in [1.54, 1.807) is 19.2 Å². The van der Waals surface area contributed by atoms with Crippen molar-refractivity contribution in [2.45, 2.75) is 4.90 Å². The summed E-state index contributed by atoms with van der Waals surface area (Å²) in [5.41, 5.74) is 3.79. The highest BCUT2D eigenvalue weighted by Crippen LogP contribution is 2.21. The maximum Gasteiger partial charge on any atom is 0.271 e. The van der Waals surface area contributed by atoms with E-state index >= 15 is 0 Å². The molecule has 0 fully saturated rings. The van der Waals surface area contributed by atoms with Gasteiger partial charge in [0, 0.05) is 26.3 Å². The van der Waals surface area contributed by atoms with Crippen molar-refractivity contribution < 1.29 is 17.9 Å². The molecule has 0 radical (unpaired) electrons. The Balaban J connectivity index is 1.64. The Labute approximate surface area is 193 Å². The van der Waals surface area contributed by atoms with Crippen LogP contribution in [0.2, 0.25) is 5.02 Å². The Morgan fingerprint density at radius 3 is 2.39 bits per heavy atom. The molecule has 0 atom stereocenters. The van der Waals surface area contributed by atoms with E-state index in [2.05, 4.69) is 31.2 Å². The van der Waals surface area contributed by atoms with Gasteiger partial charge in [-0.1, -0.05) is 27.5 Å². The molecule has 2 N–H and O–H groups in total. The van der Waals surface area contributed by atoms with Gasteiger partial charge in [0.1, 0.15) is 5.75 Å². The minimum absolute atomic E-state index is 0.0803. The quantitative estimate of drug-likeness (QED) is 0.348. The number of amides is 1. The maximum atomic E-state index is 12.4. The first kappa shape index (κ1) is 22.8. The van der Waals surface area contributed by atoms with Crippen molar-refractivity contribution in [2.75, 3.05) is 11.8 Å². The molecule has 0 aliphatic carbocycles. The topological polar surface area (TPSA) is 96.9 Å². The van der Waals surface area contributed by atoms with Crippen LogP contribution in [0.25, 0.3) is 0 Å². The molecule has 3 aromatic rings. The SMILES string of the molecule is COc1ccc(Br)c(/C=N/NC(=O)c2ccc(NS(=O)(=O)c3ccc(Cl)cc3)cc2)c1. The van der Waals surface area contributed by atoms with Gasteiger partial charge in [-0.15, -0.1) is 0 Å². The molecule has 160 valence electrons. The first-order valence-corrected chi connectivity index (χ1v) is 11.5.